The molecule has 174 valence electrons. The van der Waals surface area contributed by atoms with Crippen LogP contribution < -0.4 is 9.47 Å². The highest BCUT2D eigenvalue weighted by atomic mass is 32.1. The Kier molecular flexibility index (Phi) is 5.94. The molecule has 9 nitrogen and oxygen atoms in total. The Morgan fingerprint density at radius 1 is 0.829 bits per heavy atom. The van der Waals surface area contributed by atoms with Gasteiger partial charge in [-0.1, -0.05) is 6.08 Å². The van der Waals surface area contributed by atoms with Crippen LogP contribution in [0.15, 0.2) is 54.2 Å². The molecule has 5 heterocycles. The fourth-order valence-electron chi connectivity index (χ4n) is 3.48. The van der Waals surface area contributed by atoms with Crippen molar-refractivity contribution in [1.82, 2.24) is 15.0 Å². The molecule has 0 spiro atoms. The second-order valence-electron chi connectivity index (χ2n) is 7.46. The van der Waals surface area contributed by atoms with Crippen LogP contribution in [0.3, 0.4) is 0 Å². The average Bonchev–Trinajstić information content (AvgIpc) is 3.30. The summed E-state index contributed by atoms with van der Waals surface area (Å²) in [5, 5.41) is 20.8. The molecule has 0 fully saturated rings. The zero-order chi connectivity index (χ0) is 24.4. The number of carboxylic acids is 2. The summed E-state index contributed by atoms with van der Waals surface area (Å²) in [7, 11) is 0. The molecule has 4 aromatic heterocycles. The molecule has 0 bridgehead atoms. The largest absolute Gasteiger partial charge is 0.485 e. The fourth-order valence-corrected chi connectivity index (χ4v) is 4.30. The number of aromatic carboxylic acids is 2. The van der Waals surface area contributed by atoms with Crippen LogP contribution in [0.5, 0.6) is 11.5 Å². The minimum absolute atomic E-state index is 0.0161. The second kappa shape index (κ2) is 9.35. The maximum Gasteiger partial charge on any atom is 0.335 e. The molecule has 1 aliphatic rings. The van der Waals surface area contributed by atoms with Gasteiger partial charge in [0.2, 0.25) is 0 Å². The normalized spacial score (nSPS) is 12.6. The van der Waals surface area contributed by atoms with Crippen LogP contribution in [-0.2, 0) is 0 Å². The van der Waals surface area contributed by atoms with E-state index in [1.807, 2.05) is 23.6 Å². The summed E-state index contributed by atoms with van der Waals surface area (Å²) >= 11 is 1.51. The molecule has 0 unspecified atom stereocenters. The lowest BCUT2D eigenvalue weighted by atomic mass is 10.1. The van der Waals surface area contributed by atoms with Gasteiger partial charge < -0.3 is 19.7 Å². The molecular formula is C25H17N3O6S. The number of pyridine rings is 3. The van der Waals surface area contributed by atoms with Crippen LogP contribution in [0, 0.1) is 0 Å². The van der Waals surface area contributed by atoms with Crippen LogP contribution in [0.2, 0.25) is 0 Å². The Labute approximate surface area is 203 Å². The summed E-state index contributed by atoms with van der Waals surface area (Å²) in [5.41, 5.74) is 2.08. The zero-order valence-corrected chi connectivity index (χ0v) is 18.9. The molecule has 0 amide bonds. The van der Waals surface area contributed by atoms with Gasteiger partial charge in [-0.15, -0.1) is 11.3 Å². The summed E-state index contributed by atoms with van der Waals surface area (Å²) in [6.45, 7) is 1.03. The van der Waals surface area contributed by atoms with Crippen molar-refractivity contribution in [2.24, 2.45) is 0 Å². The van der Waals surface area contributed by atoms with Gasteiger partial charge in [-0.2, -0.15) is 0 Å². The first kappa shape index (κ1) is 22.2. The van der Waals surface area contributed by atoms with Gasteiger partial charge in [0.05, 0.1) is 38.8 Å². The lowest BCUT2D eigenvalue weighted by molar-refractivity contribution is 0.0686. The van der Waals surface area contributed by atoms with Gasteiger partial charge in [0.1, 0.15) is 13.2 Å². The number of carbonyl (C=O) groups is 2. The Morgan fingerprint density at radius 2 is 1.49 bits per heavy atom. The number of rotatable bonds is 6. The predicted octanol–water partition coefficient (Wildman–Crippen LogP) is 4.61. The smallest absolute Gasteiger partial charge is 0.335 e. The van der Waals surface area contributed by atoms with Crippen molar-refractivity contribution in [3.8, 4) is 34.3 Å². The van der Waals surface area contributed by atoms with E-state index in [2.05, 4.69) is 15.0 Å². The summed E-state index contributed by atoms with van der Waals surface area (Å²) in [4.78, 5) is 37.1. The maximum atomic E-state index is 11.8. The lowest BCUT2D eigenvalue weighted by Gasteiger charge is -2.15. The van der Waals surface area contributed by atoms with E-state index in [0.717, 1.165) is 21.9 Å². The minimum Gasteiger partial charge on any atom is -0.485 e. The first-order valence-corrected chi connectivity index (χ1v) is 11.3. The fraction of sp³-hybridized carbons (Fsp3) is 0.0800. The molecule has 0 radical (unpaired) electrons. The van der Waals surface area contributed by atoms with E-state index < -0.39 is 11.9 Å². The second-order valence-corrected chi connectivity index (χ2v) is 8.38. The number of thiophene rings is 1. The lowest BCUT2D eigenvalue weighted by Crippen LogP contribution is -2.14. The number of hydrogen-bond acceptors (Lipinski definition) is 8. The van der Waals surface area contributed by atoms with Crippen molar-refractivity contribution in [3.05, 3.63) is 75.7 Å². The maximum absolute atomic E-state index is 11.8. The van der Waals surface area contributed by atoms with Crippen molar-refractivity contribution in [2.45, 2.75) is 0 Å². The van der Waals surface area contributed by atoms with Gasteiger partial charge in [-0.25, -0.2) is 14.6 Å². The quantitative estimate of drug-likeness (QED) is 0.400. The summed E-state index contributed by atoms with van der Waals surface area (Å²) in [6, 6.07) is 9.08. The molecule has 10 heteroatoms. The highest BCUT2D eigenvalue weighted by molar-refractivity contribution is 7.11. The molecule has 0 saturated heterocycles. The Bertz CT molecular complexity index is 1480. The van der Waals surface area contributed by atoms with Gasteiger partial charge >= 0.3 is 11.9 Å². The molecule has 1 aliphatic heterocycles. The topological polar surface area (TPSA) is 132 Å². The van der Waals surface area contributed by atoms with Gasteiger partial charge in [-0.3, -0.25) is 9.97 Å². The van der Waals surface area contributed by atoms with Crippen LogP contribution in [0.25, 0.3) is 34.9 Å². The third kappa shape index (κ3) is 4.73. The molecule has 4 aromatic rings. The number of aromatic nitrogens is 3. The van der Waals surface area contributed by atoms with Gasteiger partial charge in [0.25, 0.3) is 0 Å². The first-order chi connectivity index (χ1) is 17.0. The van der Waals surface area contributed by atoms with Gasteiger partial charge in [0, 0.05) is 17.8 Å². The van der Waals surface area contributed by atoms with E-state index in [1.165, 1.54) is 41.8 Å². The number of carboxylic acid groups (broad SMARTS) is 2. The van der Waals surface area contributed by atoms with Crippen molar-refractivity contribution in [2.75, 3.05) is 13.2 Å². The Morgan fingerprint density at radius 3 is 2.23 bits per heavy atom. The highest BCUT2D eigenvalue weighted by Crippen LogP contribution is 2.40. The average molecular weight is 487 g/mol. The molecule has 0 atom stereocenters. The Balaban J connectivity index is 1.51. The van der Waals surface area contributed by atoms with Gasteiger partial charge in [-0.05, 0) is 48.0 Å². The van der Waals surface area contributed by atoms with Crippen LogP contribution in [-0.4, -0.2) is 50.3 Å². The van der Waals surface area contributed by atoms with E-state index in [0.29, 0.717) is 24.6 Å². The zero-order valence-electron chi connectivity index (χ0n) is 18.0. The molecule has 0 aromatic carbocycles. The van der Waals surface area contributed by atoms with E-state index in [-0.39, 0.29) is 22.5 Å². The van der Waals surface area contributed by atoms with Crippen molar-refractivity contribution in [1.29, 1.82) is 0 Å². The monoisotopic (exact) mass is 487 g/mol. The molecule has 2 N–H and O–H groups in total. The van der Waals surface area contributed by atoms with Crippen molar-refractivity contribution < 1.29 is 29.3 Å². The van der Waals surface area contributed by atoms with E-state index in [4.69, 9.17) is 9.47 Å². The number of ether oxygens (including phenoxy) is 2. The standard InChI is InChI=1S/C25H17N3O6S/c29-24(30)15-4-6-27-18(10-15)20-12-16(25(31)32)11-19(28-20)17-9-14(3-5-26-17)1-2-22-23-21(13-35-22)33-7-8-34-23/h1-6,9-13H,7-8H2,(H,29,30)(H,31,32)/b2-1+. The third-order valence-corrected chi connectivity index (χ3v) is 6.05. The number of nitrogens with zero attached hydrogens (tertiary/aromatic N) is 3. The summed E-state index contributed by atoms with van der Waals surface area (Å²) in [5.74, 6) is -0.805. The summed E-state index contributed by atoms with van der Waals surface area (Å²) in [6.07, 6.45) is 6.77. The van der Waals surface area contributed by atoms with E-state index in [9.17, 15) is 19.8 Å². The Hall–Kier alpha value is -4.57. The van der Waals surface area contributed by atoms with Crippen molar-refractivity contribution in [3.63, 3.8) is 0 Å². The molecular weight excluding hydrogens is 470 g/mol. The van der Waals surface area contributed by atoms with Crippen LogP contribution in [0.4, 0.5) is 0 Å². The van der Waals surface area contributed by atoms with Crippen LogP contribution in [0.1, 0.15) is 31.2 Å². The summed E-state index contributed by atoms with van der Waals surface area (Å²) < 4.78 is 11.3. The predicted molar refractivity (Wildman–Crippen MR) is 129 cm³/mol. The highest BCUT2D eigenvalue weighted by Gasteiger charge is 2.17. The van der Waals surface area contributed by atoms with Gasteiger partial charge in [0.15, 0.2) is 11.5 Å². The third-order valence-electron chi connectivity index (χ3n) is 5.14. The van der Waals surface area contributed by atoms with Crippen molar-refractivity contribution >= 4 is 35.4 Å². The van der Waals surface area contributed by atoms with Crippen LogP contribution >= 0.6 is 11.3 Å². The molecule has 0 saturated carbocycles. The molecule has 35 heavy (non-hydrogen) atoms. The first-order valence-electron chi connectivity index (χ1n) is 10.4. The molecule has 0 aliphatic carbocycles. The number of fused-ring (bicyclic) bond motifs is 1. The van der Waals surface area contributed by atoms with E-state index in [1.54, 1.807) is 12.3 Å². The minimum atomic E-state index is -1.15. The van der Waals surface area contributed by atoms with E-state index >= 15 is 0 Å². The SMILES string of the molecule is O=C(O)c1ccnc(-c2cc(C(=O)O)cc(-c3cc(/C=C/c4scc5c4OCCO5)ccn3)n2)c1. The number of hydrogen-bond donors (Lipinski definition) is 2. The molecule has 5 rings (SSSR count).